The summed E-state index contributed by atoms with van der Waals surface area (Å²) in [6.07, 6.45) is 0. The summed E-state index contributed by atoms with van der Waals surface area (Å²) in [5, 5.41) is 0. The first kappa shape index (κ1) is 13.4. The molecule has 0 bridgehead atoms. The van der Waals surface area contributed by atoms with Crippen LogP contribution in [0.25, 0.3) is 11.1 Å². The maximum atomic E-state index is 5.40. The van der Waals surface area contributed by atoms with Crippen LogP contribution in [0.1, 0.15) is 0 Å². The van der Waals surface area contributed by atoms with Crippen LogP contribution in [0.5, 0.6) is 11.5 Å². The summed E-state index contributed by atoms with van der Waals surface area (Å²) < 4.78 is 12.8. The molecule has 0 atom stereocenters. The molecule has 2 nitrogen and oxygen atoms in total. The van der Waals surface area contributed by atoms with Crippen molar-refractivity contribution in [3.8, 4) is 22.6 Å². The molecule has 0 heterocycles. The third kappa shape index (κ3) is 2.70. The summed E-state index contributed by atoms with van der Waals surface area (Å²) in [7, 11) is 3.33. The molecule has 2 aromatic carbocycles. The highest BCUT2D eigenvalue weighted by molar-refractivity contribution is 9.10. The van der Waals surface area contributed by atoms with Crippen LogP contribution in [-0.4, -0.2) is 14.2 Å². The van der Waals surface area contributed by atoms with E-state index >= 15 is 0 Å². The molecule has 0 unspecified atom stereocenters. The number of hydrogen-bond donors (Lipinski definition) is 0. The van der Waals surface area contributed by atoms with Gasteiger partial charge in [-0.2, -0.15) is 0 Å². The first-order chi connectivity index (χ1) is 8.65. The van der Waals surface area contributed by atoms with Crippen molar-refractivity contribution in [2.45, 2.75) is 0 Å². The standard InChI is InChI=1S/C14H12Br2O2/c1-17-13-5-3-9(15)7-11(13)12-8-10(16)4-6-14(12)18-2/h3-8H,1-2H3. The van der Waals surface area contributed by atoms with Gasteiger partial charge in [-0.25, -0.2) is 0 Å². The molecule has 0 saturated carbocycles. The molecule has 94 valence electrons. The third-order valence-electron chi connectivity index (χ3n) is 2.61. The number of ether oxygens (including phenoxy) is 2. The second kappa shape index (κ2) is 5.76. The lowest BCUT2D eigenvalue weighted by Crippen LogP contribution is -1.92. The van der Waals surface area contributed by atoms with E-state index < -0.39 is 0 Å². The van der Waals surface area contributed by atoms with Crippen molar-refractivity contribution in [3.63, 3.8) is 0 Å². The third-order valence-corrected chi connectivity index (χ3v) is 3.60. The Labute approximate surface area is 123 Å². The molecule has 0 saturated heterocycles. The molecule has 2 aromatic rings. The zero-order valence-corrected chi connectivity index (χ0v) is 13.2. The summed E-state index contributed by atoms with van der Waals surface area (Å²) >= 11 is 6.96. The second-order valence-electron chi connectivity index (χ2n) is 3.69. The van der Waals surface area contributed by atoms with Crippen molar-refractivity contribution >= 4 is 31.9 Å². The predicted molar refractivity (Wildman–Crippen MR) is 80.4 cm³/mol. The van der Waals surface area contributed by atoms with E-state index in [0.717, 1.165) is 31.6 Å². The molecule has 18 heavy (non-hydrogen) atoms. The molecular weight excluding hydrogens is 360 g/mol. The lowest BCUT2D eigenvalue weighted by atomic mass is 10.0. The Morgan fingerprint density at radius 3 is 1.44 bits per heavy atom. The van der Waals surface area contributed by atoms with Crippen LogP contribution in [0.15, 0.2) is 45.3 Å². The Bertz CT molecular complexity index is 516. The fraction of sp³-hybridized carbons (Fsp3) is 0.143. The fourth-order valence-corrected chi connectivity index (χ4v) is 2.50. The Morgan fingerprint density at radius 1 is 0.722 bits per heavy atom. The van der Waals surface area contributed by atoms with Crippen molar-refractivity contribution in [2.75, 3.05) is 14.2 Å². The lowest BCUT2D eigenvalue weighted by Gasteiger charge is -2.13. The molecule has 4 heteroatoms. The number of benzene rings is 2. The highest BCUT2D eigenvalue weighted by Gasteiger charge is 2.12. The molecule has 0 aromatic heterocycles. The summed E-state index contributed by atoms with van der Waals surface area (Å²) in [6.45, 7) is 0. The Hall–Kier alpha value is -1.00. The molecule has 0 aliphatic rings. The number of hydrogen-bond acceptors (Lipinski definition) is 2. The zero-order chi connectivity index (χ0) is 13.1. The average Bonchev–Trinajstić information content (AvgIpc) is 2.38. The van der Waals surface area contributed by atoms with E-state index in [0.29, 0.717) is 0 Å². The maximum absolute atomic E-state index is 5.40. The van der Waals surface area contributed by atoms with E-state index in [1.54, 1.807) is 14.2 Å². The fourth-order valence-electron chi connectivity index (χ4n) is 1.78. The minimum atomic E-state index is 0.814. The van der Waals surface area contributed by atoms with Crippen LogP contribution in [0.2, 0.25) is 0 Å². The summed E-state index contributed by atoms with van der Waals surface area (Å²) in [5.41, 5.74) is 1.98. The molecule has 0 amide bonds. The monoisotopic (exact) mass is 370 g/mol. The summed E-state index contributed by atoms with van der Waals surface area (Å²) in [4.78, 5) is 0. The van der Waals surface area contributed by atoms with Gasteiger partial charge in [0.05, 0.1) is 14.2 Å². The molecule has 0 fully saturated rings. The van der Waals surface area contributed by atoms with Gasteiger partial charge in [0, 0.05) is 20.1 Å². The maximum Gasteiger partial charge on any atom is 0.126 e. The molecule has 2 rings (SSSR count). The first-order valence-corrected chi connectivity index (χ1v) is 6.91. The van der Waals surface area contributed by atoms with Crippen molar-refractivity contribution in [2.24, 2.45) is 0 Å². The number of rotatable bonds is 3. The quantitative estimate of drug-likeness (QED) is 0.764. The zero-order valence-electron chi connectivity index (χ0n) is 10.0. The topological polar surface area (TPSA) is 18.5 Å². The highest BCUT2D eigenvalue weighted by Crippen LogP contribution is 2.39. The van der Waals surface area contributed by atoms with E-state index in [-0.39, 0.29) is 0 Å². The van der Waals surface area contributed by atoms with Crippen molar-refractivity contribution in [1.82, 2.24) is 0 Å². The normalized spacial score (nSPS) is 10.2. The van der Waals surface area contributed by atoms with Gasteiger partial charge in [0.15, 0.2) is 0 Å². The van der Waals surface area contributed by atoms with E-state index in [9.17, 15) is 0 Å². The largest absolute Gasteiger partial charge is 0.496 e. The van der Waals surface area contributed by atoms with Gasteiger partial charge in [-0.1, -0.05) is 31.9 Å². The van der Waals surface area contributed by atoms with Crippen LogP contribution in [0.3, 0.4) is 0 Å². The Morgan fingerprint density at radius 2 is 1.11 bits per heavy atom. The number of methoxy groups -OCH3 is 2. The first-order valence-electron chi connectivity index (χ1n) is 5.33. The molecule has 0 aliphatic heterocycles. The van der Waals surface area contributed by atoms with Crippen LogP contribution < -0.4 is 9.47 Å². The van der Waals surface area contributed by atoms with Crippen molar-refractivity contribution in [3.05, 3.63) is 45.3 Å². The summed E-state index contributed by atoms with van der Waals surface area (Å²) in [5.74, 6) is 1.63. The SMILES string of the molecule is COc1ccc(Br)cc1-c1cc(Br)ccc1OC. The van der Waals surface area contributed by atoms with Gasteiger partial charge in [0.2, 0.25) is 0 Å². The van der Waals surface area contributed by atoms with Crippen molar-refractivity contribution < 1.29 is 9.47 Å². The summed E-state index contributed by atoms with van der Waals surface area (Å²) in [6, 6.07) is 11.8. The molecular formula is C14H12Br2O2. The van der Waals surface area contributed by atoms with Gasteiger partial charge < -0.3 is 9.47 Å². The highest BCUT2D eigenvalue weighted by atomic mass is 79.9. The smallest absolute Gasteiger partial charge is 0.126 e. The van der Waals surface area contributed by atoms with Gasteiger partial charge in [0.25, 0.3) is 0 Å². The van der Waals surface area contributed by atoms with Crippen molar-refractivity contribution in [1.29, 1.82) is 0 Å². The number of halogens is 2. The predicted octanol–water partition coefficient (Wildman–Crippen LogP) is 4.90. The minimum Gasteiger partial charge on any atom is -0.496 e. The van der Waals surface area contributed by atoms with Gasteiger partial charge >= 0.3 is 0 Å². The van der Waals surface area contributed by atoms with Crippen LogP contribution in [0, 0.1) is 0 Å². The Balaban J connectivity index is 2.67. The lowest BCUT2D eigenvalue weighted by molar-refractivity contribution is 0.410. The van der Waals surface area contributed by atoms with E-state index in [2.05, 4.69) is 31.9 Å². The van der Waals surface area contributed by atoms with Crippen LogP contribution in [0.4, 0.5) is 0 Å². The van der Waals surface area contributed by atoms with E-state index in [1.165, 1.54) is 0 Å². The average molecular weight is 372 g/mol. The molecule has 0 radical (unpaired) electrons. The molecule has 0 aliphatic carbocycles. The van der Waals surface area contributed by atoms with Gasteiger partial charge in [-0.3, -0.25) is 0 Å². The van der Waals surface area contributed by atoms with Gasteiger partial charge in [-0.15, -0.1) is 0 Å². The van der Waals surface area contributed by atoms with E-state index in [1.807, 2.05) is 36.4 Å². The Kier molecular flexibility index (Phi) is 4.30. The minimum absolute atomic E-state index is 0.814. The molecule has 0 N–H and O–H groups in total. The van der Waals surface area contributed by atoms with Gasteiger partial charge in [0.1, 0.15) is 11.5 Å². The van der Waals surface area contributed by atoms with Gasteiger partial charge in [-0.05, 0) is 36.4 Å². The van der Waals surface area contributed by atoms with Crippen LogP contribution in [-0.2, 0) is 0 Å². The van der Waals surface area contributed by atoms with Crippen LogP contribution >= 0.6 is 31.9 Å². The van der Waals surface area contributed by atoms with E-state index in [4.69, 9.17) is 9.47 Å². The molecule has 0 spiro atoms. The second-order valence-corrected chi connectivity index (χ2v) is 5.52.